The summed E-state index contributed by atoms with van der Waals surface area (Å²) in [5, 5.41) is 0. The van der Waals surface area contributed by atoms with E-state index in [9.17, 15) is 0 Å². The van der Waals surface area contributed by atoms with Gasteiger partial charge in [-0.15, -0.1) is 6.42 Å². The van der Waals surface area contributed by atoms with E-state index in [1.54, 1.807) is 0 Å². The maximum atomic E-state index is 5.51. The van der Waals surface area contributed by atoms with Crippen molar-refractivity contribution in [2.24, 2.45) is 0 Å². The van der Waals surface area contributed by atoms with Gasteiger partial charge in [0.25, 0.3) is 0 Å². The van der Waals surface area contributed by atoms with E-state index in [0.29, 0.717) is 6.61 Å². The highest BCUT2D eigenvalue weighted by molar-refractivity contribution is 5.86. The van der Waals surface area contributed by atoms with E-state index in [1.807, 2.05) is 19.1 Å². The Labute approximate surface area is 90.8 Å². The molecule has 0 spiro atoms. The van der Waals surface area contributed by atoms with Gasteiger partial charge in [0.15, 0.2) is 0 Å². The van der Waals surface area contributed by atoms with Crippen LogP contribution >= 0.6 is 0 Å². The molecule has 0 aliphatic heterocycles. The summed E-state index contributed by atoms with van der Waals surface area (Å²) < 4.78 is 5.47. The van der Waals surface area contributed by atoms with Gasteiger partial charge in [-0.25, -0.2) is 0 Å². The number of fused-ring (bicyclic) bond motifs is 1. The number of terminal acetylenes is 1. The molecule has 1 nitrogen and oxygen atoms in total. The van der Waals surface area contributed by atoms with E-state index in [4.69, 9.17) is 11.2 Å². The van der Waals surface area contributed by atoms with Crippen LogP contribution in [-0.4, -0.2) is 6.61 Å². The predicted molar refractivity (Wildman–Crippen MR) is 62.7 cm³/mol. The van der Waals surface area contributed by atoms with Crippen LogP contribution < -0.4 is 4.74 Å². The van der Waals surface area contributed by atoms with E-state index in [1.165, 1.54) is 16.7 Å². The van der Waals surface area contributed by atoms with Gasteiger partial charge in [-0.3, -0.25) is 0 Å². The van der Waals surface area contributed by atoms with E-state index in [2.05, 4.69) is 18.9 Å². The van der Waals surface area contributed by atoms with Crippen LogP contribution in [-0.2, 0) is 6.42 Å². The summed E-state index contributed by atoms with van der Waals surface area (Å²) in [6, 6.07) is 6.16. The van der Waals surface area contributed by atoms with E-state index < -0.39 is 0 Å². The van der Waals surface area contributed by atoms with Crippen molar-refractivity contribution in [2.45, 2.75) is 20.3 Å². The Morgan fingerprint density at radius 2 is 2.27 bits per heavy atom. The maximum absolute atomic E-state index is 5.51. The average molecular weight is 198 g/mol. The molecule has 1 aliphatic rings. The summed E-state index contributed by atoms with van der Waals surface area (Å²) in [6.45, 7) is 4.76. The zero-order valence-electron chi connectivity index (χ0n) is 9.13. The second-order valence-electron chi connectivity index (χ2n) is 3.73. The third-order valence-corrected chi connectivity index (χ3v) is 2.69. The normalized spacial score (nSPS) is 13.7. The first-order valence-electron chi connectivity index (χ1n) is 5.18. The number of hydrogen-bond acceptors (Lipinski definition) is 1. The van der Waals surface area contributed by atoms with E-state index in [-0.39, 0.29) is 0 Å². The van der Waals surface area contributed by atoms with E-state index >= 15 is 0 Å². The molecule has 15 heavy (non-hydrogen) atoms. The van der Waals surface area contributed by atoms with Gasteiger partial charge in [0, 0.05) is 5.57 Å². The molecular weight excluding hydrogens is 184 g/mol. The second kappa shape index (κ2) is 3.82. The third kappa shape index (κ3) is 1.64. The van der Waals surface area contributed by atoms with Gasteiger partial charge < -0.3 is 4.74 Å². The van der Waals surface area contributed by atoms with Crippen molar-refractivity contribution in [2.75, 3.05) is 6.61 Å². The molecule has 1 heteroatoms. The highest BCUT2D eigenvalue weighted by atomic mass is 16.5. The first-order valence-corrected chi connectivity index (χ1v) is 5.18. The summed E-state index contributed by atoms with van der Waals surface area (Å²) >= 11 is 0. The highest BCUT2D eigenvalue weighted by Crippen LogP contribution is 2.34. The number of rotatable bonds is 2. The number of benzene rings is 1. The fourth-order valence-electron chi connectivity index (χ4n) is 2.00. The molecule has 1 aromatic rings. The van der Waals surface area contributed by atoms with Crippen molar-refractivity contribution in [1.82, 2.24) is 0 Å². The van der Waals surface area contributed by atoms with Crippen LogP contribution in [0.5, 0.6) is 5.75 Å². The fourth-order valence-corrected chi connectivity index (χ4v) is 2.00. The molecule has 0 unspecified atom stereocenters. The minimum Gasteiger partial charge on any atom is -0.494 e. The van der Waals surface area contributed by atoms with Gasteiger partial charge >= 0.3 is 0 Å². The summed E-state index contributed by atoms with van der Waals surface area (Å²) in [4.78, 5) is 0. The molecule has 2 rings (SSSR count). The SMILES string of the molecule is C#CC1=C(C)Cc2ccc(OCC)cc21. The molecule has 0 saturated carbocycles. The molecular formula is C14H14O. The molecule has 0 aromatic heterocycles. The summed E-state index contributed by atoms with van der Waals surface area (Å²) in [7, 11) is 0. The lowest BCUT2D eigenvalue weighted by Crippen LogP contribution is -1.93. The molecule has 0 radical (unpaired) electrons. The van der Waals surface area contributed by atoms with Gasteiger partial charge in [-0.05, 0) is 43.5 Å². The molecule has 1 aromatic carbocycles. The lowest BCUT2D eigenvalue weighted by atomic mass is 10.1. The van der Waals surface area contributed by atoms with Crippen molar-refractivity contribution in [1.29, 1.82) is 0 Å². The molecule has 0 saturated heterocycles. The quantitative estimate of drug-likeness (QED) is 0.664. The molecule has 0 heterocycles. The summed E-state index contributed by atoms with van der Waals surface area (Å²) in [5.41, 5.74) is 4.79. The predicted octanol–water partition coefficient (Wildman–Crippen LogP) is 3.05. The standard InChI is InChI=1S/C14H14O/c1-4-13-10(3)8-11-6-7-12(15-5-2)9-14(11)13/h1,6-7,9H,5,8H2,2-3H3. The monoisotopic (exact) mass is 198 g/mol. The number of hydrogen-bond donors (Lipinski definition) is 0. The second-order valence-corrected chi connectivity index (χ2v) is 3.73. The van der Waals surface area contributed by atoms with Crippen molar-refractivity contribution < 1.29 is 4.74 Å². The molecule has 0 atom stereocenters. The van der Waals surface area contributed by atoms with Crippen LogP contribution in [0, 0.1) is 12.3 Å². The van der Waals surface area contributed by atoms with Crippen LogP contribution in [0.4, 0.5) is 0 Å². The summed E-state index contributed by atoms with van der Waals surface area (Å²) in [6.07, 6.45) is 6.49. The lowest BCUT2D eigenvalue weighted by molar-refractivity contribution is 0.340. The van der Waals surface area contributed by atoms with Crippen molar-refractivity contribution in [3.05, 3.63) is 34.9 Å². The Hall–Kier alpha value is -1.68. The van der Waals surface area contributed by atoms with Gasteiger partial charge in [0.05, 0.1) is 6.61 Å². The Bertz CT molecular complexity index is 461. The molecule has 0 fully saturated rings. The van der Waals surface area contributed by atoms with Crippen LogP contribution in [0.1, 0.15) is 25.0 Å². The van der Waals surface area contributed by atoms with Crippen LogP contribution in [0.2, 0.25) is 0 Å². The Kier molecular flexibility index (Phi) is 2.51. The van der Waals surface area contributed by atoms with Crippen molar-refractivity contribution in [3.8, 4) is 18.1 Å². The highest BCUT2D eigenvalue weighted by Gasteiger charge is 2.17. The zero-order valence-corrected chi connectivity index (χ0v) is 9.13. The van der Waals surface area contributed by atoms with Crippen molar-refractivity contribution >= 4 is 5.57 Å². The van der Waals surface area contributed by atoms with Gasteiger partial charge in [0.2, 0.25) is 0 Å². The molecule has 76 valence electrons. The first-order chi connectivity index (χ1) is 7.26. The third-order valence-electron chi connectivity index (χ3n) is 2.69. The van der Waals surface area contributed by atoms with Gasteiger partial charge in [-0.1, -0.05) is 17.6 Å². The van der Waals surface area contributed by atoms with Crippen molar-refractivity contribution in [3.63, 3.8) is 0 Å². The van der Waals surface area contributed by atoms with Gasteiger partial charge in [0.1, 0.15) is 5.75 Å². The van der Waals surface area contributed by atoms with Crippen LogP contribution in [0.15, 0.2) is 23.8 Å². The van der Waals surface area contributed by atoms with Gasteiger partial charge in [-0.2, -0.15) is 0 Å². The number of ether oxygens (including phenoxy) is 1. The Balaban J connectivity index is 2.45. The van der Waals surface area contributed by atoms with E-state index in [0.717, 1.165) is 17.7 Å². The smallest absolute Gasteiger partial charge is 0.119 e. The lowest BCUT2D eigenvalue weighted by Gasteiger charge is -2.06. The minimum absolute atomic E-state index is 0.687. The van der Waals surface area contributed by atoms with Crippen LogP contribution in [0.3, 0.4) is 0 Å². The minimum atomic E-state index is 0.687. The molecule has 1 aliphatic carbocycles. The maximum Gasteiger partial charge on any atom is 0.119 e. The molecule has 0 bridgehead atoms. The Morgan fingerprint density at radius 3 is 2.93 bits per heavy atom. The Morgan fingerprint density at radius 1 is 1.47 bits per heavy atom. The summed E-state index contributed by atoms with van der Waals surface area (Å²) in [5.74, 6) is 3.66. The topological polar surface area (TPSA) is 9.23 Å². The largest absolute Gasteiger partial charge is 0.494 e. The zero-order chi connectivity index (χ0) is 10.8. The average Bonchev–Trinajstić information content (AvgIpc) is 2.53. The fraction of sp³-hybridized carbons (Fsp3) is 0.286. The number of allylic oxidation sites excluding steroid dienone is 2. The molecule has 0 N–H and O–H groups in total. The molecule has 0 amide bonds. The first kappa shape index (κ1) is 9.86. The van der Waals surface area contributed by atoms with Crippen LogP contribution in [0.25, 0.3) is 5.57 Å².